The van der Waals surface area contributed by atoms with Crippen molar-refractivity contribution >= 4 is 26.7 Å². The van der Waals surface area contributed by atoms with Crippen LogP contribution in [0.3, 0.4) is 0 Å². The first-order chi connectivity index (χ1) is 13.5. The minimum atomic E-state index is -3.55. The molecule has 1 N–H and O–H groups in total. The summed E-state index contributed by atoms with van der Waals surface area (Å²) in [7, 11) is -3.55. The quantitative estimate of drug-likeness (QED) is 0.561. The summed E-state index contributed by atoms with van der Waals surface area (Å²) in [6.45, 7) is 0.250. The summed E-state index contributed by atoms with van der Waals surface area (Å²) < 4.78 is 30.7. The van der Waals surface area contributed by atoms with Crippen LogP contribution in [0.5, 0.6) is 0 Å². The van der Waals surface area contributed by atoms with Gasteiger partial charge >= 0.3 is 0 Å². The van der Waals surface area contributed by atoms with Crippen LogP contribution in [0.2, 0.25) is 0 Å². The molecule has 6 nitrogen and oxygen atoms in total. The fourth-order valence-electron chi connectivity index (χ4n) is 2.79. The van der Waals surface area contributed by atoms with E-state index in [0.29, 0.717) is 5.58 Å². The maximum Gasteiger partial charge on any atom is 0.287 e. The lowest BCUT2D eigenvalue weighted by atomic mass is 10.2. The molecule has 1 amide bonds. The molecule has 0 spiro atoms. The van der Waals surface area contributed by atoms with Crippen molar-refractivity contribution in [2.75, 3.05) is 0 Å². The molecule has 0 fully saturated rings. The van der Waals surface area contributed by atoms with Crippen LogP contribution < -0.4 is 5.32 Å². The summed E-state index contributed by atoms with van der Waals surface area (Å²) in [6.07, 6.45) is 3.22. The molecule has 2 heterocycles. The first-order valence-corrected chi connectivity index (χ1v) is 10.0. The highest BCUT2D eigenvalue weighted by Crippen LogP contribution is 2.21. The van der Waals surface area contributed by atoms with E-state index in [4.69, 9.17) is 4.42 Å². The molecular formula is C21H16N2O4S. The Morgan fingerprint density at radius 2 is 1.68 bits per heavy atom. The second kappa shape index (κ2) is 7.28. The topological polar surface area (TPSA) is 89.3 Å². The summed E-state index contributed by atoms with van der Waals surface area (Å²) in [5.74, 6) is -0.150. The second-order valence-electron chi connectivity index (χ2n) is 6.17. The van der Waals surface area contributed by atoms with Crippen molar-refractivity contribution in [2.45, 2.75) is 16.3 Å². The molecule has 0 saturated heterocycles. The minimum Gasteiger partial charge on any atom is -0.451 e. The number of sulfone groups is 1. The summed E-state index contributed by atoms with van der Waals surface area (Å²) in [4.78, 5) is 16.7. The van der Waals surface area contributed by atoms with Crippen LogP contribution in [0.4, 0.5) is 0 Å². The number of aromatic nitrogens is 1. The lowest BCUT2D eigenvalue weighted by Crippen LogP contribution is -2.22. The number of rotatable bonds is 5. The third kappa shape index (κ3) is 3.52. The summed E-state index contributed by atoms with van der Waals surface area (Å²) in [6, 6.07) is 18.0. The largest absolute Gasteiger partial charge is 0.451 e. The number of amides is 1. The SMILES string of the molecule is O=C(NCc1ccc(S(=O)(=O)c2ccccc2)cc1)c1cc2cnccc2o1. The van der Waals surface area contributed by atoms with Crippen LogP contribution in [-0.2, 0) is 16.4 Å². The van der Waals surface area contributed by atoms with Gasteiger partial charge in [0, 0.05) is 24.3 Å². The minimum absolute atomic E-state index is 0.200. The Balaban J connectivity index is 1.45. The molecule has 0 unspecified atom stereocenters. The fraction of sp³-hybridized carbons (Fsp3) is 0.0476. The number of furan rings is 1. The van der Waals surface area contributed by atoms with Crippen molar-refractivity contribution in [3.05, 3.63) is 90.4 Å². The van der Waals surface area contributed by atoms with Gasteiger partial charge < -0.3 is 9.73 Å². The van der Waals surface area contributed by atoms with E-state index in [9.17, 15) is 13.2 Å². The van der Waals surface area contributed by atoms with E-state index in [1.54, 1.807) is 67.0 Å². The first-order valence-electron chi connectivity index (χ1n) is 8.55. The van der Waals surface area contributed by atoms with Gasteiger partial charge in [0.15, 0.2) is 5.76 Å². The number of hydrogen-bond donors (Lipinski definition) is 1. The number of nitrogens with zero attached hydrogens (tertiary/aromatic N) is 1. The van der Waals surface area contributed by atoms with E-state index in [1.165, 1.54) is 12.1 Å². The third-order valence-corrected chi connectivity index (χ3v) is 6.07. The van der Waals surface area contributed by atoms with Crippen molar-refractivity contribution in [3.8, 4) is 0 Å². The van der Waals surface area contributed by atoms with Gasteiger partial charge in [-0.15, -0.1) is 0 Å². The molecular weight excluding hydrogens is 376 g/mol. The highest BCUT2D eigenvalue weighted by molar-refractivity contribution is 7.91. The third-order valence-electron chi connectivity index (χ3n) is 4.28. The van der Waals surface area contributed by atoms with E-state index in [-0.39, 0.29) is 28.0 Å². The molecule has 0 atom stereocenters. The zero-order chi connectivity index (χ0) is 19.6. The number of hydrogen-bond acceptors (Lipinski definition) is 5. The van der Waals surface area contributed by atoms with Crippen molar-refractivity contribution in [2.24, 2.45) is 0 Å². The Hall–Kier alpha value is -3.45. The van der Waals surface area contributed by atoms with Crippen molar-refractivity contribution in [1.29, 1.82) is 0 Å². The molecule has 0 saturated carbocycles. The van der Waals surface area contributed by atoms with Gasteiger partial charge in [0.2, 0.25) is 9.84 Å². The molecule has 0 bridgehead atoms. The number of carbonyl (C=O) groups excluding carboxylic acids is 1. The van der Waals surface area contributed by atoms with Gasteiger partial charge in [-0.05, 0) is 42.0 Å². The Kier molecular flexibility index (Phi) is 4.67. The molecule has 7 heteroatoms. The maximum absolute atomic E-state index is 12.6. The number of nitrogens with one attached hydrogen (secondary N) is 1. The average molecular weight is 392 g/mol. The number of fused-ring (bicyclic) bond motifs is 1. The molecule has 140 valence electrons. The Bertz CT molecular complexity index is 1200. The zero-order valence-electron chi connectivity index (χ0n) is 14.7. The van der Waals surface area contributed by atoms with Gasteiger partial charge in [0.25, 0.3) is 5.91 Å². The number of pyridine rings is 1. The lowest BCUT2D eigenvalue weighted by Gasteiger charge is -2.07. The van der Waals surface area contributed by atoms with Gasteiger partial charge in [-0.1, -0.05) is 30.3 Å². The highest BCUT2D eigenvalue weighted by Gasteiger charge is 2.17. The van der Waals surface area contributed by atoms with Crippen LogP contribution in [0.15, 0.2) is 93.3 Å². The summed E-state index contributed by atoms with van der Waals surface area (Å²) >= 11 is 0. The van der Waals surface area contributed by atoms with Gasteiger partial charge in [-0.25, -0.2) is 8.42 Å². The van der Waals surface area contributed by atoms with E-state index in [1.807, 2.05) is 0 Å². The smallest absolute Gasteiger partial charge is 0.287 e. The van der Waals surface area contributed by atoms with Gasteiger partial charge in [-0.2, -0.15) is 0 Å². The van der Waals surface area contributed by atoms with E-state index in [0.717, 1.165) is 10.9 Å². The molecule has 0 aliphatic carbocycles. The van der Waals surface area contributed by atoms with Gasteiger partial charge in [-0.3, -0.25) is 9.78 Å². The summed E-state index contributed by atoms with van der Waals surface area (Å²) in [5.41, 5.74) is 1.37. The summed E-state index contributed by atoms with van der Waals surface area (Å²) in [5, 5.41) is 3.52. The Morgan fingerprint density at radius 3 is 2.39 bits per heavy atom. The first kappa shape index (κ1) is 17.9. The van der Waals surface area contributed by atoms with Gasteiger partial charge in [0.05, 0.1) is 9.79 Å². The predicted molar refractivity (Wildman–Crippen MR) is 104 cm³/mol. The Labute approximate surface area is 161 Å². The van der Waals surface area contributed by atoms with E-state index in [2.05, 4.69) is 10.3 Å². The lowest BCUT2D eigenvalue weighted by molar-refractivity contribution is 0.0925. The normalized spacial score (nSPS) is 11.4. The molecule has 0 radical (unpaired) electrons. The number of carbonyl (C=O) groups is 1. The molecule has 4 rings (SSSR count). The van der Waals surface area contributed by atoms with Crippen LogP contribution in [0.1, 0.15) is 16.1 Å². The van der Waals surface area contributed by atoms with Crippen molar-refractivity contribution in [3.63, 3.8) is 0 Å². The fourth-order valence-corrected chi connectivity index (χ4v) is 4.07. The van der Waals surface area contributed by atoms with Crippen LogP contribution in [0, 0.1) is 0 Å². The predicted octanol–water partition coefficient (Wildman–Crippen LogP) is 3.59. The second-order valence-corrected chi connectivity index (χ2v) is 8.12. The molecule has 4 aromatic rings. The maximum atomic E-state index is 12.6. The monoisotopic (exact) mass is 392 g/mol. The standard InChI is InChI=1S/C21H16N2O4S/c24-21(20-12-16-14-22-11-10-19(16)27-20)23-13-15-6-8-18(9-7-15)28(25,26)17-4-2-1-3-5-17/h1-12,14H,13H2,(H,23,24). The van der Waals surface area contributed by atoms with Crippen molar-refractivity contribution < 1.29 is 17.6 Å². The average Bonchev–Trinajstić information content (AvgIpc) is 3.17. The van der Waals surface area contributed by atoms with E-state index < -0.39 is 9.84 Å². The Morgan fingerprint density at radius 1 is 0.964 bits per heavy atom. The number of benzene rings is 2. The molecule has 2 aromatic carbocycles. The van der Waals surface area contributed by atoms with Crippen molar-refractivity contribution in [1.82, 2.24) is 10.3 Å². The highest BCUT2D eigenvalue weighted by atomic mass is 32.2. The molecule has 28 heavy (non-hydrogen) atoms. The van der Waals surface area contributed by atoms with Gasteiger partial charge in [0.1, 0.15) is 5.58 Å². The molecule has 0 aliphatic heterocycles. The zero-order valence-corrected chi connectivity index (χ0v) is 15.5. The van der Waals surface area contributed by atoms with E-state index >= 15 is 0 Å². The van der Waals surface area contributed by atoms with Crippen LogP contribution in [-0.4, -0.2) is 19.3 Å². The molecule has 0 aliphatic rings. The molecule has 2 aromatic heterocycles. The van der Waals surface area contributed by atoms with Crippen LogP contribution in [0.25, 0.3) is 11.0 Å². The van der Waals surface area contributed by atoms with Crippen LogP contribution >= 0.6 is 0 Å².